The van der Waals surface area contributed by atoms with Gasteiger partial charge in [0, 0.05) is 19.9 Å². The van der Waals surface area contributed by atoms with Gasteiger partial charge in [-0.2, -0.15) is 5.26 Å². The first-order valence-corrected chi connectivity index (χ1v) is 11.3. The van der Waals surface area contributed by atoms with Gasteiger partial charge in [0.1, 0.15) is 0 Å². The molecule has 5 heteroatoms. The fourth-order valence-electron chi connectivity index (χ4n) is 4.36. The van der Waals surface area contributed by atoms with Crippen molar-refractivity contribution >= 4 is 23.2 Å². The van der Waals surface area contributed by atoms with E-state index in [0.29, 0.717) is 31.5 Å². The lowest BCUT2D eigenvalue weighted by Crippen LogP contribution is -2.38. The number of para-hydroxylation sites is 1. The lowest BCUT2D eigenvalue weighted by Gasteiger charge is -2.35. The minimum absolute atomic E-state index is 0.0518. The summed E-state index contributed by atoms with van der Waals surface area (Å²) < 4.78 is 0. The van der Waals surface area contributed by atoms with Crippen molar-refractivity contribution in [2.75, 3.05) is 16.3 Å². The number of aryl methyl sites for hydroxylation is 2. The van der Waals surface area contributed by atoms with Crippen LogP contribution in [0.3, 0.4) is 0 Å². The Balaban J connectivity index is 1.60. The molecule has 33 heavy (non-hydrogen) atoms. The number of anilines is 2. The van der Waals surface area contributed by atoms with Gasteiger partial charge in [-0.25, -0.2) is 0 Å². The van der Waals surface area contributed by atoms with Gasteiger partial charge in [0.15, 0.2) is 0 Å². The lowest BCUT2D eigenvalue weighted by molar-refractivity contribution is -0.119. The number of benzene rings is 3. The molecule has 0 bridgehead atoms. The summed E-state index contributed by atoms with van der Waals surface area (Å²) >= 11 is 0. The zero-order valence-electron chi connectivity index (χ0n) is 18.8. The van der Waals surface area contributed by atoms with Crippen molar-refractivity contribution in [1.82, 2.24) is 0 Å². The fourth-order valence-corrected chi connectivity index (χ4v) is 4.36. The van der Waals surface area contributed by atoms with Gasteiger partial charge in [0.05, 0.1) is 29.6 Å². The molecule has 0 fully saturated rings. The van der Waals surface area contributed by atoms with Crippen molar-refractivity contribution in [3.05, 3.63) is 95.1 Å². The molecule has 3 aromatic carbocycles. The van der Waals surface area contributed by atoms with Crippen LogP contribution < -0.4 is 9.80 Å². The van der Waals surface area contributed by atoms with E-state index in [-0.39, 0.29) is 11.8 Å². The molecule has 0 spiro atoms. The van der Waals surface area contributed by atoms with Crippen LogP contribution in [-0.2, 0) is 29.0 Å². The summed E-state index contributed by atoms with van der Waals surface area (Å²) in [5.41, 5.74) is 5.43. The highest BCUT2D eigenvalue weighted by Gasteiger charge is 2.28. The zero-order valence-corrected chi connectivity index (χ0v) is 18.8. The van der Waals surface area contributed by atoms with Gasteiger partial charge < -0.3 is 9.80 Å². The molecule has 0 saturated carbocycles. The standard InChI is InChI=1S/C28H27N3O2/c1-21(32)31(20-24-7-3-2-4-8-24)26-11-5-9-25-10-6-18-30(28(25)26)27(33)17-16-22-12-14-23(19-29)15-13-22/h2-5,7-9,11-15H,6,10,16-18,20H2,1H3. The number of hydrogen-bond acceptors (Lipinski definition) is 3. The van der Waals surface area contributed by atoms with E-state index in [1.165, 1.54) is 0 Å². The molecule has 1 aliphatic rings. The summed E-state index contributed by atoms with van der Waals surface area (Å²) in [5.74, 6) is -0.00113. The van der Waals surface area contributed by atoms with E-state index in [2.05, 4.69) is 12.1 Å². The highest BCUT2D eigenvalue weighted by atomic mass is 16.2. The van der Waals surface area contributed by atoms with Crippen molar-refractivity contribution in [1.29, 1.82) is 5.26 Å². The molecule has 5 nitrogen and oxygen atoms in total. The third-order valence-corrected chi connectivity index (χ3v) is 6.06. The molecule has 1 heterocycles. The van der Waals surface area contributed by atoms with Gasteiger partial charge in [-0.3, -0.25) is 9.59 Å². The number of fused-ring (bicyclic) bond motifs is 1. The Morgan fingerprint density at radius 2 is 1.73 bits per heavy atom. The Morgan fingerprint density at radius 1 is 0.970 bits per heavy atom. The number of nitriles is 1. The van der Waals surface area contributed by atoms with E-state index in [1.807, 2.05) is 59.5 Å². The molecule has 3 aromatic rings. The fraction of sp³-hybridized carbons (Fsp3) is 0.250. The first-order chi connectivity index (χ1) is 16.1. The predicted molar refractivity (Wildman–Crippen MR) is 130 cm³/mol. The van der Waals surface area contributed by atoms with Crippen molar-refractivity contribution in [2.45, 2.75) is 39.2 Å². The number of hydrogen-bond donors (Lipinski definition) is 0. The van der Waals surface area contributed by atoms with E-state index in [4.69, 9.17) is 5.26 Å². The summed E-state index contributed by atoms with van der Waals surface area (Å²) in [6, 6.07) is 25.3. The van der Waals surface area contributed by atoms with Gasteiger partial charge in [-0.1, -0.05) is 54.6 Å². The Kier molecular flexibility index (Phi) is 6.85. The maximum atomic E-state index is 13.3. The number of rotatable bonds is 6. The molecule has 0 aromatic heterocycles. The van der Waals surface area contributed by atoms with Crippen LogP contribution in [0.1, 0.15) is 42.0 Å². The van der Waals surface area contributed by atoms with Crippen molar-refractivity contribution in [2.24, 2.45) is 0 Å². The third-order valence-electron chi connectivity index (χ3n) is 6.06. The Bertz CT molecular complexity index is 1180. The van der Waals surface area contributed by atoms with E-state index < -0.39 is 0 Å². The van der Waals surface area contributed by atoms with Gasteiger partial charge >= 0.3 is 0 Å². The van der Waals surface area contributed by atoms with Crippen molar-refractivity contribution < 1.29 is 9.59 Å². The molecule has 4 rings (SSSR count). The highest BCUT2D eigenvalue weighted by Crippen LogP contribution is 2.38. The van der Waals surface area contributed by atoms with E-state index in [1.54, 1.807) is 24.0 Å². The molecule has 0 saturated heterocycles. The molecule has 166 valence electrons. The maximum absolute atomic E-state index is 13.3. The topological polar surface area (TPSA) is 64.4 Å². The molecule has 0 aliphatic carbocycles. The second-order valence-corrected chi connectivity index (χ2v) is 8.33. The number of nitrogens with zero attached hydrogens (tertiary/aromatic N) is 3. The average Bonchev–Trinajstić information content (AvgIpc) is 2.86. The molecule has 2 amide bonds. The first kappa shape index (κ1) is 22.3. The van der Waals surface area contributed by atoms with Crippen LogP contribution in [0.15, 0.2) is 72.8 Å². The summed E-state index contributed by atoms with van der Waals surface area (Å²) in [5, 5.41) is 8.97. The summed E-state index contributed by atoms with van der Waals surface area (Å²) in [4.78, 5) is 29.6. The normalized spacial score (nSPS) is 12.5. The molecule has 1 aliphatic heterocycles. The Labute approximate surface area is 194 Å². The molecule has 0 N–H and O–H groups in total. The quantitative estimate of drug-likeness (QED) is 0.544. The minimum Gasteiger partial charge on any atom is -0.310 e. The van der Waals surface area contributed by atoms with Crippen LogP contribution in [0.25, 0.3) is 0 Å². The van der Waals surface area contributed by atoms with Crippen LogP contribution in [-0.4, -0.2) is 18.4 Å². The summed E-state index contributed by atoms with van der Waals surface area (Å²) in [6.45, 7) is 2.68. The maximum Gasteiger partial charge on any atom is 0.227 e. The van der Waals surface area contributed by atoms with E-state index >= 15 is 0 Å². The SMILES string of the molecule is CC(=O)N(Cc1ccccc1)c1cccc2c1N(C(=O)CCc1ccc(C#N)cc1)CCC2. The number of carbonyl (C=O) groups excluding carboxylic acids is 2. The number of amides is 2. The predicted octanol–water partition coefficient (Wildman–Crippen LogP) is 5.02. The zero-order chi connectivity index (χ0) is 23.2. The minimum atomic E-state index is -0.0530. The van der Waals surface area contributed by atoms with Crippen molar-refractivity contribution in [3.8, 4) is 6.07 Å². The summed E-state index contributed by atoms with van der Waals surface area (Å²) in [6.07, 6.45) is 2.77. The van der Waals surface area contributed by atoms with Gasteiger partial charge in [-0.15, -0.1) is 0 Å². The molecular weight excluding hydrogens is 410 g/mol. The Hall–Kier alpha value is -3.91. The second kappa shape index (κ2) is 10.1. The van der Waals surface area contributed by atoms with Crippen molar-refractivity contribution in [3.63, 3.8) is 0 Å². The number of carbonyl (C=O) groups is 2. The first-order valence-electron chi connectivity index (χ1n) is 11.3. The summed E-state index contributed by atoms with van der Waals surface area (Å²) in [7, 11) is 0. The monoisotopic (exact) mass is 437 g/mol. The van der Waals surface area contributed by atoms with Crippen LogP contribution in [0.2, 0.25) is 0 Å². The molecule has 0 atom stereocenters. The van der Waals surface area contributed by atoms with E-state index in [0.717, 1.165) is 40.9 Å². The van der Waals surface area contributed by atoms with E-state index in [9.17, 15) is 9.59 Å². The third kappa shape index (κ3) is 5.12. The molecule has 0 unspecified atom stereocenters. The molecule has 0 radical (unpaired) electrons. The highest BCUT2D eigenvalue weighted by molar-refractivity contribution is 6.03. The van der Waals surface area contributed by atoms with Crippen LogP contribution in [0.5, 0.6) is 0 Å². The van der Waals surface area contributed by atoms with Crippen LogP contribution in [0.4, 0.5) is 11.4 Å². The van der Waals surface area contributed by atoms with Crippen LogP contribution in [0, 0.1) is 11.3 Å². The van der Waals surface area contributed by atoms with Crippen LogP contribution >= 0.6 is 0 Å². The van der Waals surface area contributed by atoms with Gasteiger partial charge in [0.25, 0.3) is 0 Å². The average molecular weight is 438 g/mol. The van der Waals surface area contributed by atoms with Gasteiger partial charge in [-0.05, 0) is 54.2 Å². The van der Waals surface area contributed by atoms with Gasteiger partial charge in [0.2, 0.25) is 11.8 Å². The lowest BCUT2D eigenvalue weighted by atomic mass is 9.98. The second-order valence-electron chi connectivity index (χ2n) is 8.33. The largest absolute Gasteiger partial charge is 0.310 e. The smallest absolute Gasteiger partial charge is 0.227 e. The molecular formula is C28H27N3O2. The Morgan fingerprint density at radius 3 is 2.42 bits per heavy atom.